The van der Waals surface area contributed by atoms with Crippen molar-refractivity contribution in [1.82, 2.24) is 0 Å². The molecular weight excluding hydrogens is 301 g/mol. The minimum Gasteiger partial charge on any atom is -0.379 e. The highest BCUT2D eigenvalue weighted by molar-refractivity contribution is 6.30. The molecule has 0 heterocycles. The van der Waals surface area contributed by atoms with Crippen LogP contribution in [0.15, 0.2) is 18.2 Å². The highest BCUT2D eigenvalue weighted by atomic mass is 35.5. The number of benzene rings is 1. The first-order valence-electron chi connectivity index (χ1n) is 7.08. The van der Waals surface area contributed by atoms with E-state index in [1.165, 1.54) is 25.3 Å². The molecule has 0 bridgehead atoms. The summed E-state index contributed by atoms with van der Waals surface area (Å²) in [5.41, 5.74) is 5.02. The fraction of sp³-hybridized carbons (Fsp3) is 0.600. The van der Waals surface area contributed by atoms with Crippen molar-refractivity contribution in [3.63, 3.8) is 0 Å². The highest BCUT2D eigenvalue weighted by Gasteiger charge is 2.33. The van der Waals surface area contributed by atoms with Gasteiger partial charge in [0.15, 0.2) is 0 Å². The Kier molecular flexibility index (Phi) is 4.73. The molecule has 3 N–H and O–H groups in total. The van der Waals surface area contributed by atoms with Crippen LogP contribution >= 0.6 is 11.6 Å². The number of rotatable bonds is 5. The molecule has 0 amide bonds. The van der Waals surface area contributed by atoms with Gasteiger partial charge < -0.3 is 11.1 Å². The predicted octanol–water partition coefficient (Wildman–Crippen LogP) is 4.68. The number of halogens is 4. The van der Waals surface area contributed by atoms with Gasteiger partial charge in [0.05, 0.1) is 5.56 Å². The van der Waals surface area contributed by atoms with Crippen LogP contribution in [0.1, 0.15) is 38.2 Å². The Labute approximate surface area is 127 Å². The maximum absolute atomic E-state index is 12.8. The lowest BCUT2D eigenvalue weighted by Gasteiger charge is -2.37. The van der Waals surface area contributed by atoms with Crippen molar-refractivity contribution in [3.8, 4) is 0 Å². The summed E-state index contributed by atoms with van der Waals surface area (Å²) in [4.78, 5) is 0. The first kappa shape index (κ1) is 16.4. The molecule has 1 aromatic carbocycles. The maximum atomic E-state index is 12.8. The third-order valence-corrected chi connectivity index (χ3v) is 4.30. The normalized spacial score (nSPS) is 19.0. The van der Waals surface area contributed by atoms with Crippen LogP contribution in [-0.4, -0.2) is 12.1 Å². The summed E-state index contributed by atoms with van der Waals surface area (Å²) in [5, 5.41) is 3.21. The standard InChI is InChI=1S/C15H20ClF3N2/c1-14(9-20,8-10-3-2-4-10)21-13-6-11(15(17,18)19)5-12(16)7-13/h5-7,10,21H,2-4,8-9,20H2,1H3. The van der Waals surface area contributed by atoms with E-state index < -0.39 is 17.3 Å². The van der Waals surface area contributed by atoms with Gasteiger partial charge in [-0.1, -0.05) is 30.9 Å². The van der Waals surface area contributed by atoms with Crippen molar-refractivity contribution in [2.24, 2.45) is 11.7 Å². The van der Waals surface area contributed by atoms with Gasteiger partial charge in [0, 0.05) is 22.8 Å². The second kappa shape index (κ2) is 6.05. The third-order valence-electron chi connectivity index (χ3n) is 4.09. The Hall–Kier alpha value is -0.940. The number of hydrogen-bond acceptors (Lipinski definition) is 2. The second-order valence-corrected chi connectivity index (χ2v) is 6.55. The van der Waals surface area contributed by atoms with Crippen molar-refractivity contribution in [2.45, 2.75) is 44.3 Å². The number of alkyl halides is 3. The van der Waals surface area contributed by atoms with Crippen molar-refractivity contribution >= 4 is 17.3 Å². The van der Waals surface area contributed by atoms with Gasteiger partial charge in [0.25, 0.3) is 0 Å². The monoisotopic (exact) mass is 320 g/mol. The Morgan fingerprint density at radius 1 is 1.29 bits per heavy atom. The molecule has 118 valence electrons. The number of nitrogens with two attached hydrogens (primary N) is 1. The van der Waals surface area contributed by atoms with Crippen molar-refractivity contribution in [1.29, 1.82) is 0 Å². The summed E-state index contributed by atoms with van der Waals surface area (Å²) in [7, 11) is 0. The molecule has 0 saturated heterocycles. The minimum atomic E-state index is -4.41. The summed E-state index contributed by atoms with van der Waals surface area (Å²) in [6.45, 7) is 2.30. The molecule has 1 aliphatic rings. The summed E-state index contributed by atoms with van der Waals surface area (Å²) in [5.74, 6) is 0.604. The van der Waals surface area contributed by atoms with Crippen LogP contribution in [0.25, 0.3) is 0 Å². The molecule has 1 saturated carbocycles. The minimum absolute atomic E-state index is 0.0651. The summed E-state index contributed by atoms with van der Waals surface area (Å²) in [6, 6.07) is 3.52. The van der Waals surface area contributed by atoms with E-state index in [-0.39, 0.29) is 5.02 Å². The molecular formula is C15H20ClF3N2. The molecule has 1 aromatic rings. The van der Waals surface area contributed by atoms with E-state index in [4.69, 9.17) is 17.3 Å². The number of hydrogen-bond donors (Lipinski definition) is 2. The molecule has 1 fully saturated rings. The summed E-state index contributed by atoms with van der Waals surface area (Å²) >= 11 is 5.80. The molecule has 2 nitrogen and oxygen atoms in total. The van der Waals surface area contributed by atoms with Gasteiger partial charge in [-0.2, -0.15) is 13.2 Å². The Bertz CT molecular complexity index is 500. The molecule has 21 heavy (non-hydrogen) atoms. The molecule has 1 aliphatic carbocycles. The summed E-state index contributed by atoms with van der Waals surface area (Å²) < 4.78 is 38.5. The zero-order valence-corrected chi connectivity index (χ0v) is 12.7. The van der Waals surface area contributed by atoms with Gasteiger partial charge in [0.2, 0.25) is 0 Å². The topological polar surface area (TPSA) is 38.0 Å². The van der Waals surface area contributed by atoms with Gasteiger partial charge in [-0.15, -0.1) is 0 Å². The highest BCUT2D eigenvalue weighted by Crippen LogP contribution is 2.37. The Morgan fingerprint density at radius 3 is 2.43 bits per heavy atom. The third kappa shape index (κ3) is 4.27. The first-order chi connectivity index (χ1) is 9.72. The van der Waals surface area contributed by atoms with Gasteiger partial charge in [0.1, 0.15) is 0 Å². The maximum Gasteiger partial charge on any atom is 0.416 e. The van der Waals surface area contributed by atoms with Crippen LogP contribution in [0.3, 0.4) is 0 Å². The van der Waals surface area contributed by atoms with E-state index >= 15 is 0 Å². The quantitative estimate of drug-likeness (QED) is 0.826. The molecule has 2 rings (SSSR count). The smallest absolute Gasteiger partial charge is 0.379 e. The molecule has 0 radical (unpaired) electrons. The van der Waals surface area contributed by atoms with E-state index in [0.29, 0.717) is 18.2 Å². The van der Waals surface area contributed by atoms with E-state index in [1.54, 1.807) is 0 Å². The van der Waals surface area contributed by atoms with E-state index in [0.717, 1.165) is 18.6 Å². The fourth-order valence-corrected chi connectivity index (χ4v) is 2.93. The fourth-order valence-electron chi connectivity index (χ4n) is 2.69. The lowest BCUT2D eigenvalue weighted by Crippen LogP contribution is -2.45. The van der Waals surface area contributed by atoms with Crippen LogP contribution in [0, 0.1) is 5.92 Å². The molecule has 0 spiro atoms. The van der Waals surface area contributed by atoms with Crippen LogP contribution in [-0.2, 0) is 6.18 Å². The molecule has 0 aliphatic heterocycles. The van der Waals surface area contributed by atoms with E-state index in [1.807, 2.05) is 6.92 Å². The van der Waals surface area contributed by atoms with E-state index in [2.05, 4.69) is 5.32 Å². The SMILES string of the molecule is CC(CN)(CC1CCC1)Nc1cc(Cl)cc(C(F)(F)F)c1. The number of nitrogens with one attached hydrogen (secondary N) is 1. The van der Waals surface area contributed by atoms with Crippen LogP contribution in [0.5, 0.6) is 0 Å². The van der Waals surface area contributed by atoms with Gasteiger partial charge in [-0.25, -0.2) is 0 Å². The van der Waals surface area contributed by atoms with E-state index in [9.17, 15) is 13.2 Å². The van der Waals surface area contributed by atoms with Crippen LogP contribution < -0.4 is 11.1 Å². The second-order valence-electron chi connectivity index (χ2n) is 6.12. The average molecular weight is 321 g/mol. The van der Waals surface area contributed by atoms with Crippen molar-refractivity contribution in [3.05, 3.63) is 28.8 Å². The van der Waals surface area contributed by atoms with Crippen LogP contribution in [0.2, 0.25) is 5.02 Å². The molecule has 6 heteroatoms. The molecule has 1 atom stereocenters. The summed E-state index contributed by atoms with van der Waals surface area (Å²) in [6.07, 6.45) is 0.00766. The van der Waals surface area contributed by atoms with Crippen LogP contribution in [0.4, 0.5) is 18.9 Å². The Morgan fingerprint density at radius 2 is 1.95 bits per heavy atom. The lowest BCUT2D eigenvalue weighted by molar-refractivity contribution is -0.137. The van der Waals surface area contributed by atoms with Gasteiger partial charge >= 0.3 is 6.18 Å². The number of anilines is 1. The molecule has 1 unspecified atom stereocenters. The van der Waals surface area contributed by atoms with Crippen molar-refractivity contribution < 1.29 is 13.2 Å². The van der Waals surface area contributed by atoms with Gasteiger partial charge in [-0.3, -0.25) is 0 Å². The first-order valence-corrected chi connectivity index (χ1v) is 7.46. The largest absolute Gasteiger partial charge is 0.416 e. The van der Waals surface area contributed by atoms with Crippen molar-refractivity contribution in [2.75, 3.05) is 11.9 Å². The molecule has 0 aromatic heterocycles. The predicted molar refractivity (Wildman–Crippen MR) is 79.5 cm³/mol. The van der Waals surface area contributed by atoms with Gasteiger partial charge in [-0.05, 0) is 37.5 Å². The zero-order chi connectivity index (χ0) is 15.7. The average Bonchev–Trinajstić information content (AvgIpc) is 2.32. The lowest BCUT2D eigenvalue weighted by atomic mass is 9.76. The Balaban J connectivity index is 2.18. The zero-order valence-electron chi connectivity index (χ0n) is 11.9.